The van der Waals surface area contributed by atoms with Crippen molar-refractivity contribution in [2.24, 2.45) is 0 Å². The van der Waals surface area contributed by atoms with Crippen molar-refractivity contribution in [1.82, 2.24) is 0 Å². The first kappa shape index (κ1) is 35.5. The van der Waals surface area contributed by atoms with Gasteiger partial charge in [0.1, 0.15) is 0 Å². The average Bonchev–Trinajstić information content (AvgIpc) is 4.01. The minimum absolute atomic E-state index is 0.466. The first-order chi connectivity index (χ1) is 30.8. The van der Waals surface area contributed by atoms with Gasteiger partial charge >= 0.3 is 0 Å². The number of hydrogen-bond donors (Lipinski definition) is 0. The SMILES string of the molecule is c1ccc(C2(c3ccccc3)c3ccccc3-c3cc(N(c4cccc(-c5cccc6sc7ccccc7c56)c4)c4cccc5c4sc4c6ccccc6ccc54)ccc32)cc1. The van der Waals surface area contributed by atoms with Crippen molar-refractivity contribution in [3.8, 4) is 22.3 Å². The highest BCUT2D eigenvalue weighted by Crippen LogP contribution is 2.58. The van der Waals surface area contributed by atoms with Crippen LogP contribution in [0.3, 0.4) is 0 Å². The summed E-state index contributed by atoms with van der Waals surface area (Å²) >= 11 is 3.78. The van der Waals surface area contributed by atoms with Crippen molar-refractivity contribution in [3.63, 3.8) is 0 Å². The Hall–Kier alpha value is -7.30. The summed E-state index contributed by atoms with van der Waals surface area (Å²) in [7, 11) is 0. The number of nitrogens with zero attached hydrogens (tertiary/aromatic N) is 1. The van der Waals surface area contributed by atoms with E-state index in [9.17, 15) is 0 Å². The number of rotatable bonds is 6. The molecule has 10 aromatic carbocycles. The Kier molecular flexibility index (Phi) is 7.93. The van der Waals surface area contributed by atoms with Gasteiger partial charge in [-0.25, -0.2) is 0 Å². The fraction of sp³-hybridized carbons (Fsp3) is 0.0169. The Bertz CT molecular complexity index is 3670. The number of benzene rings is 10. The normalized spacial score (nSPS) is 13.0. The van der Waals surface area contributed by atoms with E-state index < -0.39 is 5.41 Å². The first-order valence-corrected chi connectivity index (χ1v) is 22.9. The molecule has 0 radical (unpaired) electrons. The van der Waals surface area contributed by atoms with Crippen LogP contribution in [0.5, 0.6) is 0 Å². The van der Waals surface area contributed by atoms with E-state index in [0.717, 1.165) is 11.4 Å². The zero-order valence-electron chi connectivity index (χ0n) is 33.6. The molecule has 62 heavy (non-hydrogen) atoms. The van der Waals surface area contributed by atoms with E-state index >= 15 is 0 Å². The van der Waals surface area contributed by atoms with Crippen molar-refractivity contribution in [2.75, 3.05) is 4.90 Å². The van der Waals surface area contributed by atoms with Crippen LogP contribution in [0, 0.1) is 0 Å². The average molecular weight is 824 g/mol. The van der Waals surface area contributed by atoms with Crippen LogP contribution in [-0.4, -0.2) is 0 Å². The molecular formula is C59H37NS2. The molecule has 0 fully saturated rings. The molecule has 290 valence electrons. The predicted molar refractivity (Wildman–Crippen MR) is 267 cm³/mol. The molecule has 1 aliphatic carbocycles. The zero-order chi connectivity index (χ0) is 40.8. The lowest BCUT2D eigenvalue weighted by Crippen LogP contribution is -2.28. The van der Waals surface area contributed by atoms with Gasteiger partial charge < -0.3 is 4.90 Å². The van der Waals surface area contributed by atoms with Crippen LogP contribution in [0.25, 0.3) is 73.4 Å². The largest absolute Gasteiger partial charge is 0.309 e. The molecule has 0 amide bonds. The second-order valence-electron chi connectivity index (χ2n) is 16.3. The lowest BCUT2D eigenvalue weighted by Gasteiger charge is -2.34. The van der Waals surface area contributed by atoms with Gasteiger partial charge in [0.25, 0.3) is 0 Å². The second kappa shape index (κ2) is 13.9. The number of hydrogen-bond acceptors (Lipinski definition) is 3. The van der Waals surface area contributed by atoms with Gasteiger partial charge in [0.05, 0.1) is 15.8 Å². The standard InChI is InChI=1S/C59H37NS2/c1-3-18-40(19-4-1)59(41-20-5-2-6-21-41)51-28-11-9-24-46(51)50-37-43(33-35-52(50)59)60(53-29-14-27-47-48-34-32-38-16-7-8-23-45(38)57(48)62-58(47)53)42-22-13-17-39(36-42)44-26-15-31-55-56(44)49-25-10-12-30-54(49)61-55/h1-37H. The van der Waals surface area contributed by atoms with Gasteiger partial charge in [-0.15, -0.1) is 22.7 Å². The topological polar surface area (TPSA) is 3.24 Å². The smallest absolute Gasteiger partial charge is 0.0713 e. The maximum Gasteiger partial charge on any atom is 0.0713 e. The maximum absolute atomic E-state index is 2.52. The van der Waals surface area contributed by atoms with Gasteiger partial charge in [-0.1, -0.05) is 182 Å². The molecule has 0 saturated carbocycles. The van der Waals surface area contributed by atoms with Gasteiger partial charge in [-0.2, -0.15) is 0 Å². The third-order valence-corrected chi connectivity index (χ3v) is 15.5. The molecule has 2 aromatic heterocycles. The van der Waals surface area contributed by atoms with Gasteiger partial charge in [-0.3, -0.25) is 0 Å². The van der Waals surface area contributed by atoms with Crippen LogP contribution < -0.4 is 4.90 Å². The fourth-order valence-electron chi connectivity index (χ4n) is 10.5. The Morgan fingerprint density at radius 3 is 1.84 bits per heavy atom. The van der Waals surface area contributed by atoms with E-state index in [1.165, 1.54) is 101 Å². The minimum atomic E-state index is -0.466. The molecule has 12 aromatic rings. The van der Waals surface area contributed by atoms with E-state index in [-0.39, 0.29) is 0 Å². The van der Waals surface area contributed by atoms with Crippen LogP contribution >= 0.6 is 22.7 Å². The van der Waals surface area contributed by atoms with Crippen LogP contribution in [-0.2, 0) is 5.41 Å². The van der Waals surface area contributed by atoms with Crippen molar-refractivity contribution in [1.29, 1.82) is 0 Å². The number of anilines is 3. The zero-order valence-corrected chi connectivity index (χ0v) is 35.3. The van der Waals surface area contributed by atoms with E-state index in [2.05, 4.69) is 229 Å². The fourth-order valence-corrected chi connectivity index (χ4v) is 13.0. The summed E-state index contributed by atoms with van der Waals surface area (Å²) < 4.78 is 5.23. The van der Waals surface area contributed by atoms with Gasteiger partial charge in [-0.05, 0) is 97.7 Å². The lowest BCUT2D eigenvalue weighted by molar-refractivity contribution is 0.768. The third-order valence-electron chi connectivity index (χ3n) is 13.1. The van der Waals surface area contributed by atoms with Crippen molar-refractivity contribution < 1.29 is 0 Å². The Morgan fingerprint density at radius 2 is 0.984 bits per heavy atom. The van der Waals surface area contributed by atoms with Crippen molar-refractivity contribution >= 4 is 90.9 Å². The highest BCUT2D eigenvalue weighted by Gasteiger charge is 2.46. The van der Waals surface area contributed by atoms with Crippen LogP contribution in [0.15, 0.2) is 224 Å². The van der Waals surface area contributed by atoms with Gasteiger partial charge in [0, 0.05) is 47.0 Å². The Morgan fingerprint density at radius 1 is 0.355 bits per heavy atom. The monoisotopic (exact) mass is 823 g/mol. The van der Waals surface area contributed by atoms with Crippen molar-refractivity contribution in [2.45, 2.75) is 5.41 Å². The summed E-state index contributed by atoms with van der Waals surface area (Å²) in [6.45, 7) is 0. The molecule has 2 heterocycles. The molecule has 13 rings (SSSR count). The molecule has 1 nitrogen and oxygen atoms in total. The summed E-state index contributed by atoms with van der Waals surface area (Å²) in [5, 5.41) is 7.78. The molecule has 0 atom stereocenters. The molecule has 0 aliphatic heterocycles. The molecule has 3 heteroatoms. The maximum atomic E-state index is 2.52. The summed E-state index contributed by atoms with van der Waals surface area (Å²) in [4.78, 5) is 2.52. The van der Waals surface area contributed by atoms with Crippen LogP contribution in [0.1, 0.15) is 22.3 Å². The molecule has 0 bridgehead atoms. The van der Waals surface area contributed by atoms with Gasteiger partial charge in [0.15, 0.2) is 0 Å². The molecule has 0 saturated heterocycles. The Labute approximate surface area is 368 Å². The van der Waals surface area contributed by atoms with E-state index in [1.54, 1.807) is 0 Å². The molecular weight excluding hydrogens is 787 g/mol. The van der Waals surface area contributed by atoms with Crippen LogP contribution in [0.2, 0.25) is 0 Å². The Balaban J connectivity index is 1.08. The summed E-state index contributed by atoms with van der Waals surface area (Å²) in [5.41, 5.74) is 13.1. The minimum Gasteiger partial charge on any atom is -0.309 e. The summed E-state index contributed by atoms with van der Waals surface area (Å²) in [6, 6.07) is 83.5. The van der Waals surface area contributed by atoms with Crippen molar-refractivity contribution in [3.05, 3.63) is 247 Å². The van der Waals surface area contributed by atoms with E-state index in [4.69, 9.17) is 0 Å². The summed E-state index contributed by atoms with van der Waals surface area (Å²) in [5.74, 6) is 0. The predicted octanol–water partition coefficient (Wildman–Crippen LogP) is 17.1. The molecule has 0 N–H and O–H groups in total. The third kappa shape index (κ3) is 5.13. The highest BCUT2D eigenvalue weighted by molar-refractivity contribution is 7.27. The summed E-state index contributed by atoms with van der Waals surface area (Å²) in [6.07, 6.45) is 0. The quantitative estimate of drug-likeness (QED) is 0.161. The first-order valence-electron chi connectivity index (χ1n) is 21.2. The number of thiophene rings is 2. The van der Waals surface area contributed by atoms with E-state index in [0.29, 0.717) is 0 Å². The van der Waals surface area contributed by atoms with E-state index in [1.807, 2.05) is 22.7 Å². The molecule has 0 spiro atoms. The lowest BCUT2D eigenvalue weighted by atomic mass is 9.68. The highest BCUT2D eigenvalue weighted by atomic mass is 32.1. The molecule has 1 aliphatic rings. The molecule has 0 unspecified atom stereocenters. The van der Waals surface area contributed by atoms with Gasteiger partial charge in [0.2, 0.25) is 0 Å². The van der Waals surface area contributed by atoms with Crippen LogP contribution in [0.4, 0.5) is 17.1 Å². The second-order valence-corrected chi connectivity index (χ2v) is 18.4. The number of fused-ring (bicyclic) bond motifs is 11.